The van der Waals surface area contributed by atoms with Gasteiger partial charge in [0.2, 0.25) is 0 Å². The molecule has 0 spiro atoms. The number of ether oxygens (including phenoxy) is 1. The Kier molecular flexibility index (Phi) is 6.25. The van der Waals surface area contributed by atoms with Crippen molar-refractivity contribution in [1.82, 2.24) is 10.6 Å². The van der Waals surface area contributed by atoms with Gasteiger partial charge in [-0.2, -0.15) is 0 Å². The molecule has 0 radical (unpaired) electrons. The van der Waals surface area contributed by atoms with Crippen molar-refractivity contribution in [2.24, 2.45) is 10.9 Å². The van der Waals surface area contributed by atoms with Crippen LogP contribution in [0.4, 0.5) is 0 Å². The molecule has 0 aromatic heterocycles. The van der Waals surface area contributed by atoms with Crippen LogP contribution in [0.3, 0.4) is 0 Å². The van der Waals surface area contributed by atoms with Gasteiger partial charge in [-0.25, -0.2) is 9.79 Å². The van der Waals surface area contributed by atoms with E-state index in [0.717, 1.165) is 30.5 Å². The fraction of sp³-hybridized carbons (Fsp3) is 0.529. The highest BCUT2D eigenvalue weighted by Gasteiger charge is 2.20. The van der Waals surface area contributed by atoms with Gasteiger partial charge in [-0.05, 0) is 50.3 Å². The average Bonchev–Trinajstić information content (AvgIpc) is 3.35. The summed E-state index contributed by atoms with van der Waals surface area (Å²) in [6.45, 7) is 6.68. The number of hydrogen-bond acceptors (Lipinski definition) is 3. The Morgan fingerprint density at radius 2 is 1.95 bits per heavy atom. The fourth-order valence-corrected chi connectivity index (χ4v) is 2.04. The summed E-state index contributed by atoms with van der Waals surface area (Å²) in [5, 5.41) is 6.61. The molecule has 0 bridgehead atoms. The third-order valence-corrected chi connectivity index (χ3v) is 3.48. The van der Waals surface area contributed by atoms with Gasteiger partial charge in [0, 0.05) is 13.1 Å². The van der Waals surface area contributed by atoms with Gasteiger partial charge in [0.05, 0.1) is 18.7 Å². The van der Waals surface area contributed by atoms with Gasteiger partial charge in [-0.1, -0.05) is 12.1 Å². The van der Waals surface area contributed by atoms with Crippen LogP contribution in [0, 0.1) is 5.92 Å². The van der Waals surface area contributed by atoms with E-state index in [1.807, 2.05) is 12.1 Å². The molecule has 1 aromatic carbocycles. The molecule has 0 amide bonds. The molecule has 1 fully saturated rings. The molecule has 0 unspecified atom stereocenters. The molecule has 0 aliphatic heterocycles. The maximum Gasteiger partial charge on any atom is 0.338 e. The van der Waals surface area contributed by atoms with Crippen LogP contribution in [-0.2, 0) is 11.3 Å². The largest absolute Gasteiger partial charge is 0.462 e. The Morgan fingerprint density at radius 1 is 1.23 bits per heavy atom. The maximum atomic E-state index is 11.6. The van der Waals surface area contributed by atoms with Gasteiger partial charge in [0.1, 0.15) is 0 Å². The van der Waals surface area contributed by atoms with Crippen LogP contribution in [0.5, 0.6) is 0 Å². The molecule has 0 atom stereocenters. The minimum Gasteiger partial charge on any atom is -0.462 e. The number of carbonyl (C=O) groups is 1. The molecule has 1 aromatic rings. The molecular formula is C17H25N3O2. The third-order valence-electron chi connectivity index (χ3n) is 3.48. The Morgan fingerprint density at radius 3 is 2.55 bits per heavy atom. The first kappa shape index (κ1) is 16.3. The number of benzene rings is 1. The second-order valence-electron chi connectivity index (χ2n) is 5.44. The Labute approximate surface area is 132 Å². The molecule has 1 aliphatic carbocycles. The standard InChI is InChI=1S/C17H25N3O2/c1-3-18-17(19-11-13-5-6-13)20-12-14-7-9-15(10-8-14)16(21)22-4-2/h7-10,13H,3-6,11-12H2,1-2H3,(H2,18,19,20). The van der Waals surface area contributed by atoms with Crippen molar-refractivity contribution in [3.05, 3.63) is 35.4 Å². The molecule has 22 heavy (non-hydrogen) atoms. The van der Waals surface area contributed by atoms with Gasteiger partial charge in [0.15, 0.2) is 5.96 Å². The van der Waals surface area contributed by atoms with Crippen LogP contribution < -0.4 is 10.6 Å². The summed E-state index contributed by atoms with van der Waals surface area (Å²) in [6.07, 6.45) is 2.64. The van der Waals surface area contributed by atoms with E-state index in [2.05, 4.69) is 22.5 Å². The minimum absolute atomic E-state index is 0.281. The lowest BCUT2D eigenvalue weighted by Gasteiger charge is -2.10. The van der Waals surface area contributed by atoms with E-state index in [4.69, 9.17) is 4.74 Å². The van der Waals surface area contributed by atoms with Crippen molar-refractivity contribution in [2.75, 3.05) is 19.7 Å². The predicted octanol–water partition coefficient (Wildman–Crippen LogP) is 2.33. The Balaban J connectivity index is 1.89. The van der Waals surface area contributed by atoms with Crippen LogP contribution in [0.25, 0.3) is 0 Å². The lowest BCUT2D eigenvalue weighted by atomic mass is 10.1. The number of nitrogens with one attached hydrogen (secondary N) is 2. The van der Waals surface area contributed by atoms with E-state index < -0.39 is 0 Å². The second kappa shape index (κ2) is 8.41. The summed E-state index contributed by atoms with van der Waals surface area (Å²) in [4.78, 5) is 16.2. The average molecular weight is 303 g/mol. The van der Waals surface area contributed by atoms with Gasteiger partial charge in [0.25, 0.3) is 0 Å². The summed E-state index contributed by atoms with van der Waals surface area (Å²) in [5.41, 5.74) is 1.64. The number of aliphatic imine (C=N–C) groups is 1. The molecule has 120 valence electrons. The number of rotatable bonds is 7. The molecule has 5 heteroatoms. The highest BCUT2D eigenvalue weighted by molar-refractivity contribution is 5.89. The zero-order valence-corrected chi connectivity index (χ0v) is 13.4. The predicted molar refractivity (Wildman–Crippen MR) is 87.9 cm³/mol. The third kappa shape index (κ3) is 5.39. The van der Waals surface area contributed by atoms with Gasteiger partial charge < -0.3 is 15.4 Å². The Bertz CT molecular complexity index is 507. The van der Waals surface area contributed by atoms with Crippen molar-refractivity contribution in [2.45, 2.75) is 33.2 Å². The highest BCUT2D eigenvalue weighted by atomic mass is 16.5. The number of esters is 1. The number of nitrogens with zero attached hydrogens (tertiary/aromatic N) is 1. The smallest absolute Gasteiger partial charge is 0.338 e. The van der Waals surface area contributed by atoms with Gasteiger partial charge >= 0.3 is 5.97 Å². The summed E-state index contributed by atoms with van der Waals surface area (Å²) >= 11 is 0. The normalized spacial score (nSPS) is 14.5. The second-order valence-corrected chi connectivity index (χ2v) is 5.44. The van der Waals surface area contributed by atoms with E-state index in [-0.39, 0.29) is 5.97 Å². The van der Waals surface area contributed by atoms with Crippen molar-refractivity contribution in [3.63, 3.8) is 0 Å². The monoisotopic (exact) mass is 303 g/mol. The molecule has 1 saturated carbocycles. The molecule has 1 aliphatic rings. The van der Waals surface area contributed by atoms with Crippen LogP contribution in [0.2, 0.25) is 0 Å². The molecule has 2 N–H and O–H groups in total. The van der Waals surface area contributed by atoms with E-state index >= 15 is 0 Å². The van der Waals surface area contributed by atoms with Crippen LogP contribution >= 0.6 is 0 Å². The fourth-order valence-electron chi connectivity index (χ4n) is 2.04. The summed E-state index contributed by atoms with van der Waals surface area (Å²) in [7, 11) is 0. The van der Waals surface area contributed by atoms with Crippen molar-refractivity contribution >= 4 is 11.9 Å². The lowest BCUT2D eigenvalue weighted by molar-refractivity contribution is 0.0526. The molecule has 0 heterocycles. The molecule has 2 rings (SSSR count). The van der Waals surface area contributed by atoms with E-state index in [1.165, 1.54) is 12.8 Å². The molecule has 5 nitrogen and oxygen atoms in total. The van der Waals surface area contributed by atoms with Gasteiger partial charge in [-0.15, -0.1) is 0 Å². The van der Waals surface area contributed by atoms with Crippen LogP contribution in [-0.4, -0.2) is 31.6 Å². The first-order valence-electron chi connectivity index (χ1n) is 8.01. The van der Waals surface area contributed by atoms with Gasteiger partial charge in [-0.3, -0.25) is 0 Å². The van der Waals surface area contributed by atoms with Crippen LogP contribution in [0.1, 0.15) is 42.6 Å². The van der Waals surface area contributed by atoms with Crippen LogP contribution in [0.15, 0.2) is 29.3 Å². The van der Waals surface area contributed by atoms with Crippen molar-refractivity contribution in [3.8, 4) is 0 Å². The zero-order valence-electron chi connectivity index (χ0n) is 13.4. The SMILES string of the molecule is CCNC(=NCc1ccc(C(=O)OCC)cc1)NCC1CC1. The first-order valence-corrected chi connectivity index (χ1v) is 8.01. The van der Waals surface area contributed by atoms with E-state index in [9.17, 15) is 4.79 Å². The molecule has 0 saturated heterocycles. The first-order chi connectivity index (χ1) is 10.7. The lowest BCUT2D eigenvalue weighted by Crippen LogP contribution is -2.38. The van der Waals surface area contributed by atoms with Crippen molar-refractivity contribution in [1.29, 1.82) is 0 Å². The quantitative estimate of drug-likeness (QED) is 0.461. The Hall–Kier alpha value is -2.04. The highest BCUT2D eigenvalue weighted by Crippen LogP contribution is 2.27. The topological polar surface area (TPSA) is 62.7 Å². The number of carbonyl (C=O) groups excluding carboxylic acids is 1. The summed E-state index contributed by atoms with van der Waals surface area (Å²) in [5.74, 6) is 1.38. The minimum atomic E-state index is -0.281. The summed E-state index contributed by atoms with van der Waals surface area (Å²) in [6, 6.07) is 7.40. The number of guanidine groups is 1. The van der Waals surface area contributed by atoms with Crippen molar-refractivity contribution < 1.29 is 9.53 Å². The zero-order chi connectivity index (χ0) is 15.8. The maximum absolute atomic E-state index is 11.6. The van der Waals surface area contributed by atoms with E-state index in [1.54, 1.807) is 19.1 Å². The summed E-state index contributed by atoms with van der Waals surface area (Å²) < 4.78 is 4.97. The molecular weight excluding hydrogens is 278 g/mol. The van der Waals surface area contributed by atoms with E-state index in [0.29, 0.717) is 18.7 Å². The number of hydrogen-bond donors (Lipinski definition) is 2.